The molecule has 2 heterocycles. The zero-order valence-electron chi connectivity index (χ0n) is 21.5. The largest absolute Gasteiger partial charge is 0.346 e. The minimum Gasteiger partial charge on any atom is -0.274 e. The van der Waals surface area contributed by atoms with Gasteiger partial charge >= 0.3 is 5.69 Å². The van der Waals surface area contributed by atoms with Crippen LogP contribution in [0.15, 0.2) is 53.3 Å². The van der Waals surface area contributed by atoms with Crippen molar-refractivity contribution in [2.24, 2.45) is 0 Å². The molecular weight excluding hydrogens is 450 g/mol. The van der Waals surface area contributed by atoms with E-state index in [1.807, 2.05) is 22.8 Å². The van der Waals surface area contributed by atoms with E-state index >= 15 is 0 Å². The Kier molecular flexibility index (Phi) is 9.19. The number of unbranched alkanes of at least 4 members (excludes halogenated alkanes) is 6. The first-order valence-electron chi connectivity index (χ1n) is 13.3. The van der Waals surface area contributed by atoms with Crippen molar-refractivity contribution in [2.75, 3.05) is 0 Å². The van der Waals surface area contributed by atoms with Gasteiger partial charge in [-0.2, -0.15) is 10.3 Å². The van der Waals surface area contributed by atoms with Gasteiger partial charge in [-0.25, -0.2) is 9.48 Å². The van der Waals surface area contributed by atoms with Gasteiger partial charge in [0.15, 0.2) is 0 Å². The van der Waals surface area contributed by atoms with Crippen LogP contribution in [-0.4, -0.2) is 35.0 Å². The highest BCUT2D eigenvalue weighted by Gasteiger charge is 2.14. The smallest absolute Gasteiger partial charge is 0.274 e. The molecule has 0 unspecified atom stereocenters. The molecule has 36 heavy (non-hydrogen) atoms. The van der Waals surface area contributed by atoms with E-state index in [1.54, 1.807) is 4.68 Å². The molecule has 8 nitrogen and oxygen atoms in total. The highest BCUT2D eigenvalue weighted by atomic mass is 16.2. The first kappa shape index (κ1) is 25.5. The fourth-order valence-corrected chi connectivity index (χ4v) is 4.53. The molecule has 2 aromatic carbocycles. The molecule has 1 N–H and O–H groups in total. The predicted molar refractivity (Wildman–Crippen MR) is 143 cm³/mol. The number of aryl methyl sites for hydroxylation is 2. The van der Waals surface area contributed by atoms with E-state index in [1.165, 1.54) is 25.7 Å². The number of aromatic nitrogens is 7. The predicted octanol–water partition coefficient (Wildman–Crippen LogP) is 5.64. The number of benzene rings is 2. The number of tetrazole rings is 1. The summed E-state index contributed by atoms with van der Waals surface area (Å²) in [5.41, 5.74) is 4.11. The van der Waals surface area contributed by atoms with Crippen molar-refractivity contribution in [3.8, 4) is 22.5 Å². The molecule has 0 radical (unpaired) electrons. The van der Waals surface area contributed by atoms with Crippen LogP contribution in [0.1, 0.15) is 76.6 Å². The number of hydrogen-bond acceptors (Lipinski definition) is 5. The second-order valence-corrected chi connectivity index (χ2v) is 9.36. The van der Waals surface area contributed by atoms with Crippen LogP contribution in [0.3, 0.4) is 0 Å². The first-order chi connectivity index (χ1) is 17.7. The maximum Gasteiger partial charge on any atom is 0.346 e. The lowest BCUT2D eigenvalue weighted by molar-refractivity contribution is 0.510. The molecule has 0 saturated heterocycles. The van der Waals surface area contributed by atoms with E-state index in [0.717, 1.165) is 60.2 Å². The van der Waals surface area contributed by atoms with Gasteiger partial charge in [-0.1, -0.05) is 101 Å². The molecule has 8 heteroatoms. The highest BCUT2D eigenvalue weighted by Crippen LogP contribution is 2.29. The summed E-state index contributed by atoms with van der Waals surface area (Å²) in [6, 6.07) is 16.4. The Morgan fingerprint density at radius 2 is 1.56 bits per heavy atom. The molecule has 0 atom stereocenters. The fraction of sp³-hybridized carbons (Fsp3) is 0.464. The van der Waals surface area contributed by atoms with Crippen LogP contribution in [-0.2, 0) is 19.5 Å². The molecule has 2 aromatic heterocycles. The molecule has 0 aliphatic carbocycles. The standard InChI is InChI=1S/C28H37N7O/c1-3-5-7-8-9-12-20-35-28(36)34(26(31-35)15-6-4-2)21-22-16-18-23(19-17-22)24-13-10-11-14-25(24)27-29-32-33-30-27/h10-11,13-14,16-19H,3-9,12,15,20-21H2,1-2H3,(H,29,30,32,33). The Bertz CT molecular complexity index is 1260. The van der Waals surface area contributed by atoms with Crippen molar-refractivity contribution >= 4 is 0 Å². The minimum absolute atomic E-state index is 0.00110. The molecule has 0 spiro atoms. The molecule has 190 valence electrons. The minimum atomic E-state index is 0.00110. The van der Waals surface area contributed by atoms with Crippen molar-refractivity contribution in [1.82, 2.24) is 35.0 Å². The topological polar surface area (TPSA) is 94.3 Å². The Hall–Kier alpha value is -3.55. The molecule has 0 saturated carbocycles. The lowest BCUT2D eigenvalue weighted by atomic mass is 9.98. The number of hydrogen-bond donors (Lipinski definition) is 1. The van der Waals surface area contributed by atoms with E-state index in [0.29, 0.717) is 18.9 Å². The zero-order valence-corrected chi connectivity index (χ0v) is 21.5. The lowest BCUT2D eigenvalue weighted by Gasteiger charge is -2.09. The molecular formula is C28H37N7O. The van der Waals surface area contributed by atoms with E-state index in [4.69, 9.17) is 5.10 Å². The number of aromatic amines is 1. The zero-order chi connectivity index (χ0) is 25.2. The molecule has 4 aromatic rings. The Labute approximate surface area is 212 Å². The van der Waals surface area contributed by atoms with Gasteiger partial charge in [0.2, 0.25) is 5.82 Å². The molecule has 4 rings (SSSR count). The molecule has 0 bridgehead atoms. The van der Waals surface area contributed by atoms with Crippen molar-refractivity contribution in [1.29, 1.82) is 0 Å². The van der Waals surface area contributed by atoms with E-state index in [-0.39, 0.29) is 5.69 Å². The van der Waals surface area contributed by atoms with Crippen molar-refractivity contribution < 1.29 is 0 Å². The summed E-state index contributed by atoms with van der Waals surface area (Å²) >= 11 is 0. The summed E-state index contributed by atoms with van der Waals surface area (Å²) in [6.45, 7) is 5.62. The van der Waals surface area contributed by atoms with Crippen molar-refractivity contribution in [3.05, 3.63) is 70.4 Å². The van der Waals surface area contributed by atoms with Gasteiger partial charge in [0, 0.05) is 18.5 Å². The van der Waals surface area contributed by atoms with Gasteiger partial charge in [-0.05, 0) is 34.7 Å². The Morgan fingerprint density at radius 1 is 0.833 bits per heavy atom. The maximum absolute atomic E-state index is 13.2. The summed E-state index contributed by atoms with van der Waals surface area (Å²) in [5.74, 6) is 1.46. The SMILES string of the molecule is CCCCCCCCn1nc(CCCC)n(Cc2ccc(-c3ccccc3-c3nn[nH]n3)cc2)c1=O. The van der Waals surface area contributed by atoms with Crippen LogP contribution in [0.2, 0.25) is 0 Å². The Morgan fingerprint density at radius 3 is 2.28 bits per heavy atom. The third-order valence-corrected chi connectivity index (χ3v) is 6.60. The van der Waals surface area contributed by atoms with Crippen molar-refractivity contribution in [3.63, 3.8) is 0 Å². The fourth-order valence-electron chi connectivity index (χ4n) is 4.53. The normalized spacial score (nSPS) is 11.3. The van der Waals surface area contributed by atoms with E-state index < -0.39 is 0 Å². The van der Waals surface area contributed by atoms with Crippen LogP contribution in [0.25, 0.3) is 22.5 Å². The second-order valence-electron chi connectivity index (χ2n) is 9.36. The molecule has 0 aliphatic heterocycles. The summed E-state index contributed by atoms with van der Waals surface area (Å²) in [7, 11) is 0. The average molecular weight is 488 g/mol. The van der Waals surface area contributed by atoms with Crippen LogP contribution >= 0.6 is 0 Å². The van der Waals surface area contributed by atoms with Crippen LogP contribution in [0.4, 0.5) is 0 Å². The highest BCUT2D eigenvalue weighted by molar-refractivity contribution is 5.80. The maximum atomic E-state index is 13.2. The monoisotopic (exact) mass is 487 g/mol. The Balaban J connectivity index is 1.50. The number of nitrogens with zero attached hydrogens (tertiary/aromatic N) is 6. The number of H-pyrrole nitrogens is 1. The van der Waals surface area contributed by atoms with E-state index in [2.05, 4.69) is 64.8 Å². The molecule has 0 amide bonds. The van der Waals surface area contributed by atoms with Gasteiger partial charge < -0.3 is 0 Å². The molecule has 0 aliphatic rings. The number of rotatable bonds is 14. The van der Waals surface area contributed by atoms with Gasteiger partial charge in [0.05, 0.1) is 6.54 Å². The van der Waals surface area contributed by atoms with Crippen LogP contribution in [0.5, 0.6) is 0 Å². The third-order valence-electron chi connectivity index (χ3n) is 6.60. The molecule has 0 fully saturated rings. The van der Waals surface area contributed by atoms with Gasteiger partial charge in [0.25, 0.3) is 0 Å². The van der Waals surface area contributed by atoms with Crippen molar-refractivity contribution in [2.45, 2.75) is 84.7 Å². The van der Waals surface area contributed by atoms with Crippen LogP contribution < -0.4 is 5.69 Å². The lowest BCUT2D eigenvalue weighted by Crippen LogP contribution is -2.26. The first-order valence-corrected chi connectivity index (χ1v) is 13.3. The van der Waals surface area contributed by atoms with Gasteiger partial charge in [-0.3, -0.25) is 4.57 Å². The van der Waals surface area contributed by atoms with Gasteiger partial charge in [-0.15, -0.1) is 10.2 Å². The average Bonchev–Trinajstić information content (AvgIpc) is 3.55. The summed E-state index contributed by atoms with van der Waals surface area (Å²) in [4.78, 5) is 13.2. The quantitative estimate of drug-likeness (QED) is 0.232. The second kappa shape index (κ2) is 13.0. The van der Waals surface area contributed by atoms with Gasteiger partial charge in [0.1, 0.15) is 5.82 Å². The van der Waals surface area contributed by atoms with Crippen LogP contribution in [0, 0.1) is 0 Å². The number of nitrogens with one attached hydrogen (secondary N) is 1. The summed E-state index contributed by atoms with van der Waals surface area (Å²) in [6.07, 6.45) is 10.1. The third kappa shape index (κ3) is 6.36. The van der Waals surface area contributed by atoms with E-state index in [9.17, 15) is 4.79 Å². The summed E-state index contributed by atoms with van der Waals surface area (Å²) in [5, 5.41) is 19.2. The summed E-state index contributed by atoms with van der Waals surface area (Å²) < 4.78 is 3.54.